The van der Waals surface area contributed by atoms with Gasteiger partial charge in [-0.3, -0.25) is 0 Å². The minimum absolute atomic E-state index is 0. The number of benzene rings is 2. The zero-order valence-corrected chi connectivity index (χ0v) is 53.9. The van der Waals surface area contributed by atoms with Crippen LogP contribution >= 0.6 is 0 Å². The summed E-state index contributed by atoms with van der Waals surface area (Å²) in [4.78, 5) is 11.0. The molecule has 448 valence electrons. The average Bonchev–Trinajstić information content (AvgIpc) is 3.44. The van der Waals surface area contributed by atoms with Gasteiger partial charge in [-0.2, -0.15) is 0 Å². The molecule has 0 radical (unpaired) electrons. The van der Waals surface area contributed by atoms with Gasteiger partial charge in [0.15, 0.2) is 0 Å². The molecule has 0 aromatic heterocycles. The van der Waals surface area contributed by atoms with Gasteiger partial charge in [-0.15, -0.1) is 0 Å². The fourth-order valence-corrected chi connectivity index (χ4v) is 11.3. The summed E-state index contributed by atoms with van der Waals surface area (Å²) in [6.07, 6.45) is 72.5. The molecule has 0 fully saturated rings. The summed E-state index contributed by atoms with van der Waals surface area (Å²) in [5.41, 5.74) is 9.85. The molecule has 2 aromatic rings. The van der Waals surface area contributed by atoms with Crippen molar-refractivity contribution in [1.29, 1.82) is 0 Å². The number of hydrogen-bond acceptors (Lipinski definition) is 2. The van der Waals surface area contributed by atoms with E-state index in [9.17, 15) is 0 Å². The van der Waals surface area contributed by atoms with Crippen molar-refractivity contribution in [3.63, 3.8) is 0 Å². The molecule has 0 atom stereocenters. The van der Waals surface area contributed by atoms with Gasteiger partial charge in [0.1, 0.15) is 5.71 Å². The molecule has 0 amide bonds. The van der Waals surface area contributed by atoms with Crippen LogP contribution in [0.3, 0.4) is 0 Å². The molecule has 0 saturated carbocycles. The van der Waals surface area contributed by atoms with Gasteiger partial charge >= 0.3 is 0 Å². The van der Waals surface area contributed by atoms with Gasteiger partial charge in [-0.05, 0) is 129 Å². The summed E-state index contributed by atoms with van der Waals surface area (Å²) in [5, 5.41) is 0. The second-order valence-electron chi connectivity index (χ2n) is 23.9. The maximum atomic E-state index is 5.54. The van der Waals surface area contributed by atoms with Gasteiger partial charge in [0, 0.05) is 22.9 Å². The quantitative estimate of drug-likeness (QED) is 0.0273. The van der Waals surface area contributed by atoms with Crippen molar-refractivity contribution in [3.05, 3.63) is 70.8 Å². The molecule has 3 heteroatoms. The number of hydrogen-bond donors (Lipinski definition) is 0. The monoisotopic (exact) mass is 1110 g/mol. The molecule has 2 nitrogen and oxygen atoms in total. The fourth-order valence-electron chi connectivity index (χ4n) is 11.3. The van der Waals surface area contributed by atoms with Crippen molar-refractivity contribution in [2.24, 2.45) is 9.98 Å². The first-order valence-corrected chi connectivity index (χ1v) is 34.7. The number of aliphatic imine (C=N–C) groups is 2. The minimum atomic E-state index is 0. The summed E-state index contributed by atoms with van der Waals surface area (Å²) in [7, 11) is 0. The first kappa shape index (κ1) is 73.6. The standard InChI is InChI=1S/C75H128N2.Ni/c1-7-13-19-21-23-25-27-29-31-32-33-34-35-36-37-39-41-43-45-47-49-55-61-75(77-73-65-63-69(57-51-16-10-4)71(67-73)59-53-18-12-6)74(60-54-48-46-44-42-40-38-30-28-26-24-22-20-14-8-2)76-72-64-62-68(56-50-15-9-3)70(66-72)58-52-17-11-5;/h55,61-67H,7-53,56-59H2,1-6H3;/b61-55+,76-74?,77-75?;. The van der Waals surface area contributed by atoms with Crippen molar-refractivity contribution in [3.8, 4) is 11.8 Å². The van der Waals surface area contributed by atoms with Crippen molar-refractivity contribution in [1.82, 2.24) is 0 Å². The third-order valence-corrected chi connectivity index (χ3v) is 16.4. The van der Waals surface area contributed by atoms with Gasteiger partial charge < -0.3 is 0 Å². The molecule has 0 aliphatic carbocycles. The molecule has 0 unspecified atom stereocenters. The molecule has 78 heavy (non-hydrogen) atoms. The third kappa shape index (κ3) is 41.5. The molecular formula is C75H128N2Ni. The summed E-state index contributed by atoms with van der Waals surface area (Å²) >= 11 is 0. The van der Waals surface area contributed by atoms with E-state index in [1.807, 2.05) is 0 Å². The Labute approximate surface area is 498 Å². The van der Waals surface area contributed by atoms with E-state index < -0.39 is 0 Å². The first-order chi connectivity index (χ1) is 38.1. The molecule has 0 saturated heterocycles. The smallest absolute Gasteiger partial charge is 0.139 e. The van der Waals surface area contributed by atoms with Crippen molar-refractivity contribution in [2.45, 2.75) is 369 Å². The Balaban J connectivity index is 0.0000304. The van der Waals surface area contributed by atoms with Crippen LogP contribution in [-0.4, -0.2) is 11.4 Å². The molecule has 0 N–H and O–H groups in total. The Morgan fingerprint density at radius 1 is 0.333 bits per heavy atom. The fraction of sp³-hybridized carbons (Fsp3) is 0.760. The Kier molecular flexibility index (Phi) is 53.2. The van der Waals surface area contributed by atoms with Gasteiger partial charge in [0.05, 0.1) is 17.1 Å². The number of aryl methyl sites for hydroxylation is 4. The van der Waals surface area contributed by atoms with E-state index in [1.54, 1.807) is 0 Å². The van der Waals surface area contributed by atoms with Crippen LogP contribution in [0.4, 0.5) is 11.4 Å². The molecule has 0 aliphatic heterocycles. The van der Waals surface area contributed by atoms with E-state index >= 15 is 0 Å². The van der Waals surface area contributed by atoms with E-state index in [1.165, 1.54) is 305 Å². The van der Waals surface area contributed by atoms with E-state index in [4.69, 9.17) is 9.98 Å². The molecule has 0 heterocycles. The second kappa shape index (κ2) is 56.4. The zero-order valence-electron chi connectivity index (χ0n) is 52.9. The molecule has 2 aromatic carbocycles. The van der Waals surface area contributed by atoms with E-state index in [0.29, 0.717) is 0 Å². The Hall–Kier alpha value is -2.43. The Morgan fingerprint density at radius 2 is 0.628 bits per heavy atom. The van der Waals surface area contributed by atoms with Gasteiger partial charge in [-0.25, -0.2) is 9.98 Å². The van der Waals surface area contributed by atoms with Crippen LogP contribution in [0.25, 0.3) is 0 Å². The minimum Gasteiger partial charge on any atom is -0.246 e. The third-order valence-electron chi connectivity index (χ3n) is 16.4. The zero-order chi connectivity index (χ0) is 55.2. The molecule has 0 bridgehead atoms. The molecular weight excluding hydrogens is 988 g/mol. The van der Waals surface area contributed by atoms with Crippen LogP contribution in [0.2, 0.25) is 0 Å². The van der Waals surface area contributed by atoms with Crippen molar-refractivity contribution < 1.29 is 16.5 Å². The van der Waals surface area contributed by atoms with E-state index in [-0.39, 0.29) is 16.5 Å². The number of allylic oxidation sites excluding steroid dienone is 2. The van der Waals surface area contributed by atoms with Crippen molar-refractivity contribution >= 4 is 22.8 Å². The van der Waals surface area contributed by atoms with Gasteiger partial charge in [-0.1, -0.05) is 316 Å². The van der Waals surface area contributed by atoms with Crippen LogP contribution in [0.15, 0.2) is 58.5 Å². The maximum Gasteiger partial charge on any atom is 0.139 e. The maximum absolute atomic E-state index is 5.54. The summed E-state index contributed by atoms with van der Waals surface area (Å²) < 4.78 is 0. The Bertz CT molecular complexity index is 1790. The van der Waals surface area contributed by atoms with Crippen LogP contribution in [-0.2, 0) is 42.2 Å². The Morgan fingerprint density at radius 3 is 0.987 bits per heavy atom. The molecule has 0 aliphatic rings. The van der Waals surface area contributed by atoms with Crippen LogP contribution in [0.5, 0.6) is 0 Å². The van der Waals surface area contributed by atoms with Crippen LogP contribution in [0.1, 0.15) is 366 Å². The van der Waals surface area contributed by atoms with Gasteiger partial charge in [0.2, 0.25) is 0 Å². The largest absolute Gasteiger partial charge is 0.246 e. The van der Waals surface area contributed by atoms with Gasteiger partial charge in [0.25, 0.3) is 0 Å². The molecule has 2 rings (SSSR count). The SMILES string of the molecule is CCCCCCCCCCCCCCCC#CC(=Nc1ccc(CCCCC)c(CCCCC)c1)C(/C=C/CCCCCCCCCCCCCCCCCCCCCC)=Nc1ccc(CCCCC)c(CCCCC)c1.[Ni]. The molecule has 0 spiro atoms. The van der Waals surface area contributed by atoms with Crippen molar-refractivity contribution in [2.75, 3.05) is 0 Å². The van der Waals surface area contributed by atoms with Crippen LogP contribution < -0.4 is 0 Å². The second-order valence-corrected chi connectivity index (χ2v) is 23.9. The summed E-state index contributed by atoms with van der Waals surface area (Å²) in [6.45, 7) is 13.9. The average molecular weight is 1120 g/mol. The predicted molar refractivity (Wildman–Crippen MR) is 350 cm³/mol. The number of unbranched alkanes of at least 4 members (excludes halogenated alkanes) is 41. The summed E-state index contributed by atoms with van der Waals surface area (Å²) in [6, 6.07) is 14.2. The normalized spacial score (nSPS) is 11.9. The summed E-state index contributed by atoms with van der Waals surface area (Å²) in [5.74, 6) is 7.36. The van der Waals surface area contributed by atoms with E-state index in [0.717, 1.165) is 67.7 Å². The van der Waals surface area contributed by atoms with E-state index in [2.05, 4.69) is 102 Å². The van der Waals surface area contributed by atoms with Crippen LogP contribution in [0, 0.1) is 11.8 Å². The first-order valence-electron chi connectivity index (χ1n) is 34.7. The number of rotatable bonds is 54. The predicted octanol–water partition coefficient (Wildman–Crippen LogP) is 25.7. The number of nitrogens with zero attached hydrogens (tertiary/aromatic N) is 2. The topological polar surface area (TPSA) is 24.7 Å².